The van der Waals surface area contributed by atoms with E-state index < -0.39 is 34.0 Å². The highest BCUT2D eigenvalue weighted by molar-refractivity contribution is 6.07. The number of rotatable bonds is 2. The van der Waals surface area contributed by atoms with Gasteiger partial charge in [0, 0.05) is 11.6 Å². The first-order chi connectivity index (χ1) is 11.3. The van der Waals surface area contributed by atoms with Gasteiger partial charge in [-0.15, -0.1) is 13.2 Å². The van der Waals surface area contributed by atoms with Crippen molar-refractivity contribution >= 4 is 22.6 Å². The molecule has 0 bridgehead atoms. The van der Waals surface area contributed by atoms with Gasteiger partial charge in [-0.1, -0.05) is 23.4 Å². The summed E-state index contributed by atoms with van der Waals surface area (Å²) in [5.41, 5.74) is -1.16. The van der Waals surface area contributed by atoms with Crippen molar-refractivity contribution in [2.45, 2.75) is 13.2 Å². The average Bonchev–Trinajstić information content (AvgIpc) is 2.91. The third kappa shape index (κ3) is 2.75. The largest absolute Gasteiger partial charge is 0.493 e. The van der Waals surface area contributed by atoms with Crippen LogP contribution in [-0.2, 0) is 0 Å². The second-order valence-corrected chi connectivity index (χ2v) is 5.00. The van der Waals surface area contributed by atoms with Gasteiger partial charge in [0.15, 0.2) is 5.82 Å². The van der Waals surface area contributed by atoms with Crippen LogP contribution < -0.4 is 10.5 Å². The topological polar surface area (TPSA) is 79.2 Å². The van der Waals surface area contributed by atoms with Crippen molar-refractivity contribution in [3.8, 4) is 0 Å². The van der Waals surface area contributed by atoms with Crippen LogP contribution in [0.15, 0.2) is 45.7 Å². The van der Waals surface area contributed by atoms with Gasteiger partial charge in [0.25, 0.3) is 11.5 Å². The zero-order valence-electron chi connectivity index (χ0n) is 12.2. The molecule has 0 aliphatic heterocycles. The number of aromatic nitrogens is 2. The van der Waals surface area contributed by atoms with Crippen molar-refractivity contribution in [1.82, 2.24) is 10.1 Å². The van der Waals surface area contributed by atoms with Gasteiger partial charge in [-0.3, -0.25) is 9.59 Å². The minimum absolute atomic E-state index is 0.0967. The van der Waals surface area contributed by atoms with Gasteiger partial charge in [-0.2, -0.15) is 4.90 Å². The third-order valence-corrected chi connectivity index (χ3v) is 3.29. The fourth-order valence-electron chi connectivity index (χ4n) is 2.23. The molecule has 0 atom stereocenters. The van der Waals surface area contributed by atoms with E-state index in [4.69, 9.17) is 0 Å². The lowest BCUT2D eigenvalue weighted by atomic mass is 10.1. The molecule has 0 fully saturated rings. The summed E-state index contributed by atoms with van der Waals surface area (Å²) in [4.78, 5) is 26.3. The zero-order valence-corrected chi connectivity index (χ0v) is 12.2. The summed E-state index contributed by atoms with van der Waals surface area (Å²) >= 11 is 0. The van der Waals surface area contributed by atoms with Crippen LogP contribution in [0, 0.1) is 6.92 Å². The Morgan fingerprint density at radius 3 is 2.58 bits per heavy atom. The van der Waals surface area contributed by atoms with E-state index in [1.165, 1.54) is 6.92 Å². The molecule has 0 spiro atoms. The van der Waals surface area contributed by atoms with E-state index in [1.807, 2.05) is 0 Å². The maximum absolute atomic E-state index is 13.3. The van der Waals surface area contributed by atoms with Crippen LogP contribution in [0.4, 0.5) is 19.0 Å². The Balaban J connectivity index is 2.14. The Kier molecular flexibility index (Phi) is 3.63. The SMILES string of the molecule is Cc1cc(N(C(=O)c2cc3ccccc3[nH]c2=O)C(F)(F)F)no1. The molecule has 24 heavy (non-hydrogen) atoms. The number of fused-ring (bicyclic) bond motifs is 1. The van der Waals surface area contributed by atoms with Crippen molar-refractivity contribution in [3.63, 3.8) is 0 Å². The zero-order chi connectivity index (χ0) is 17.5. The van der Waals surface area contributed by atoms with Crippen LogP contribution in [0.3, 0.4) is 0 Å². The summed E-state index contributed by atoms with van der Waals surface area (Å²) in [7, 11) is 0. The van der Waals surface area contributed by atoms with E-state index in [9.17, 15) is 22.8 Å². The summed E-state index contributed by atoms with van der Waals surface area (Å²) < 4.78 is 44.5. The van der Waals surface area contributed by atoms with Crippen molar-refractivity contribution in [3.05, 3.63) is 58.1 Å². The molecule has 3 aromatic rings. The molecule has 0 saturated heterocycles. The Morgan fingerprint density at radius 1 is 1.25 bits per heavy atom. The van der Waals surface area contributed by atoms with Gasteiger partial charge in [0.1, 0.15) is 11.3 Å². The Morgan fingerprint density at radius 2 is 1.96 bits per heavy atom. The number of nitrogens with zero attached hydrogens (tertiary/aromatic N) is 2. The van der Waals surface area contributed by atoms with Gasteiger partial charge in [0.05, 0.1) is 0 Å². The Bertz CT molecular complexity index is 975. The summed E-state index contributed by atoms with van der Waals surface area (Å²) in [5.74, 6) is -2.18. The normalized spacial score (nSPS) is 11.7. The molecule has 6 nitrogen and oxygen atoms in total. The predicted molar refractivity (Wildman–Crippen MR) is 78.7 cm³/mol. The smallest absolute Gasteiger partial charge is 0.360 e. The van der Waals surface area contributed by atoms with Gasteiger partial charge < -0.3 is 9.51 Å². The molecule has 0 aliphatic rings. The van der Waals surface area contributed by atoms with Gasteiger partial charge >= 0.3 is 6.30 Å². The van der Waals surface area contributed by atoms with Crippen LogP contribution in [0.25, 0.3) is 10.9 Å². The second-order valence-electron chi connectivity index (χ2n) is 5.00. The second kappa shape index (κ2) is 5.52. The molecule has 0 radical (unpaired) electrons. The first-order valence-corrected chi connectivity index (χ1v) is 6.74. The number of pyridine rings is 1. The molecule has 3 rings (SSSR count). The lowest BCUT2D eigenvalue weighted by molar-refractivity contribution is -0.123. The van der Waals surface area contributed by atoms with E-state index in [-0.39, 0.29) is 5.76 Å². The maximum Gasteiger partial charge on any atom is 0.493 e. The monoisotopic (exact) mass is 337 g/mol. The molecule has 0 unspecified atom stereocenters. The number of carbonyl (C=O) groups excluding carboxylic acids is 1. The van der Waals surface area contributed by atoms with Gasteiger partial charge in [-0.25, -0.2) is 0 Å². The van der Waals surface area contributed by atoms with Crippen molar-refractivity contribution in [2.75, 3.05) is 4.90 Å². The number of nitrogens with one attached hydrogen (secondary N) is 1. The number of benzene rings is 1. The van der Waals surface area contributed by atoms with E-state index >= 15 is 0 Å². The molecular formula is C15H10F3N3O3. The quantitative estimate of drug-likeness (QED) is 0.729. The average molecular weight is 337 g/mol. The van der Waals surface area contributed by atoms with E-state index in [1.54, 1.807) is 24.3 Å². The number of halogens is 3. The lowest BCUT2D eigenvalue weighted by Gasteiger charge is -2.21. The number of amides is 1. The molecule has 1 aromatic carbocycles. The molecule has 0 aliphatic carbocycles. The Hall–Kier alpha value is -3.10. The summed E-state index contributed by atoms with van der Waals surface area (Å²) in [6.45, 7) is 1.39. The van der Waals surface area contributed by atoms with Crippen LogP contribution in [0.5, 0.6) is 0 Å². The van der Waals surface area contributed by atoms with Gasteiger partial charge in [0.2, 0.25) is 0 Å². The number of carbonyl (C=O) groups is 1. The highest BCUT2D eigenvalue weighted by Gasteiger charge is 2.45. The van der Waals surface area contributed by atoms with E-state index in [2.05, 4.69) is 14.7 Å². The molecular weight excluding hydrogens is 327 g/mol. The van der Waals surface area contributed by atoms with Crippen molar-refractivity contribution < 1.29 is 22.5 Å². The third-order valence-electron chi connectivity index (χ3n) is 3.29. The molecule has 9 heteroatoms. The molecule has 2 aromatic heterocycles. The molecule has 2 heterocycles. The summed E-state index contributed by atoms with van der Waals surface area (Å²) in [5, 5.41) is 3.65. The standard InChI is InChI=1S/C15H10F3N3O3/c1-8-6-12(20-24-8)21(15(16,17)18)14(23)10-7-9-4-2-3-5-11(9)19-13(10)22/h2-7H,1H3,(H,19,22). The van der Waals surface area contributed by atoms with Crippen LogP contribution >= 0.6 is 0 Å². The fraction of sp³-hybridized carbons (Fsp3) is 0.133. The summed E-state index contributed by atoms with van der Waals surface area (Å²) in [6, 6.07) is 8.51. The fourth-order valence-corrected chi connectivity index (χ4v) is 2.23. The molecule has 0 saturated carbocycles. The highest BCUT2D eigenvalue weighted by Crippen LogP contribution is 2.29. The maximum atomic E-state index is 13.3. The van der Waals surface area contributed by atoms with Crippen molar-refractivity contribution in [2.24, 2.45) is 0 Å². The minimum atomic E-state index is -5.07. The Labute approximate surface area is 132 Å². The number of H-pyrrole nitrogens is 1. The van der Waals surface area contributed by atoms with E-state index in [0.717, 1.165) is 12.1 Å². The van der Waals surface area contributed by atoms with Gasteiger partial charge in [-0.05, 0) is 24.4 Å². The van der Waals surface area contributed by atoms with E-state index in [0.29, 0.717) is 10.9 Å². The van der Waals surface area contributed by atoms with Crippen LogP contribution in [0.1, 0.15) is 16.1 Å². The number of hydrogen-bond acceptors (Lipinski definition) is 4. The minimum Gasteiger partial charge on any atom is -0.360 e. The highest BCUT2D eigenvalue weighted by atomic mass is 19.4. The number of para-hydroxylation sites is 1. The lowest BCUT2D eigenvalue weighted by Crippen LogP contribution is -2.45. The van der Waals surface area contributed by atoms with Crippen LogP contribution in [0.2, 0.25) is 0 Å². The van der Waals surface area contributed by atoms with Crippen LogP contribution in [-0.4, -0.2) is 22.3 Å². The first-order valence-electron chi connectivity index (χ1n) is 6.74. The molecule has 124 valence electrons. The predicted octanol–water partition coefficient (Wildman–Crippen LogP) is 2.99. The first kappa shape index (κ1) is 15.8. The number of aryl methyl sites for hydroxylation is 1. The molecule has 1 amide bonds. The number of hydrogen-bond donors (Lipinski definition) is 1. The number of alkyl halides is 3. The number of aromatic amines is 1. The molecule has 1 N–H and O–H groups in total. The number of anilines is 1. The summed E-state index contributed by atoms with van der Waals surface area (Å²) in [6.07, 6.45) is -5.07. The van der Waals surface area contributed by atoms with Crippen molar-refractivity contribution in [1.29, 1.82) is 0 Å².